The summed E-state index contributed by atoms with van der Waals surface area (Å²) in [7, 11) is 1.82. The maximum atomic E-state index is 13.1. The van der Waals surface area contributed by atoms with Gasteiger partial charge >= 0.3 is 0 Å². The second kappa shape index (κ2) is 7.72. The van der Waals surface area contributed by atoms with Crippen molar-refractivity contribution in [1.82, 2.24) is 4.90 Å². The SMILES string of the molecule is CN(CC(=O)Nc1ccccc1Cl)Cc1ccc(F)cc1Br. The summed E-state index contributed by atoms with van der Waals surface area (Å²) in [5.41, 5.74) is 1.50. The highest BCUT2D eigenvalue weighted by atomic mass is 79.9. The van der Waals surface area contributed by atoms with Gasteiger partial charge in [-0.1, -0.05) is 45.7 Å². The predicted octanol–water partition coefficient (Wildman–Crippen LogP) is 4.31. The van der Waals surface area contributed by atoms with Crippen molar-refractivity contribution >= 4 is 39.1 Å². The highest BCUT2D eigenvalue weighted by Crippen LogP contribution is 2.21. The van der Waals surface area contributed by atoms with Crippen LogP contribution < -0.4 is 5.32 Å². The minimum absolute atomic E-state index is 0.158. The molecule has 0 bridgehead atoms. The first-order chi connectivity index (χ1) is 10.5. The third-order valence-electron chi connectivity index (χ3n) is 3.02. The standard InChI is InChI=1S/C16H15BrClFN2O/c1-21(9-11-6-7-12(19)8-13(11)17)10-16(22)20-15-5-3-2-4-14(15)18/h2-8H,9-10H2,1H3,(H,20,22). The average molecular weight is 386 g/mol. The van der Waals surface area contributed by atoms with E-state index in [2.05, 4.69) is 21.2 Å². The summed E-state index contributed by atoms with van der Waals surface area (Å²) in [5, 5.41) is 3.27. The smallest absolute Gasteiger partial charge is 0.238 e. The molecule has 0 aliphatic rings. The Bertz CT molecular complexity index is 681. The molecule has 1 N–H and O–H groups in total. The summed E-state index contributed by atoms with van der Waals surface area (Å²) in [6.07, 6.45) is 0. The Morgan fingerprint density at radius 2 is 2.05 bits per heavy atom. The Kier molecular flexibility index (Phi) is 5.94. The van der Waals surface area contributed by atoms with Crippen molar-refractivity contribution < 1.29 is 9.18 Å². The van der Waals surface area contributed by atoms with Crippen LogP contribution >= 0.6 is 27.5 Å². The van der Waals surface area contributed by atoms with E-state index < -0.39 is 0 Å². The molecule has 0 saturated heterocycles. The maximum Gasteiger partial charge on any atom is 0.238 e. The number of carbonyl (C=O) groups excluding carboxylic acids is 1. The Labute approximate surface area is 142 Å². The molecule has 6 heteroatoms. The Balaban J connectivity index is 1.92. The number of likely N-dealkylation sites (N-methyl/N-ethyl adjacent to an activating group) is 1. The molecule has 2 aromatic carbocycles. The molecule has 0 saturated carbocycles. The van der Waals surface area contributed by atoms with Crippen LogP contribution in [-0.4, -0.2) is 24.4 Å². The first-order valence-corrected chi connectivity index (χ1v) is 7.79. The molecule has 2 aromatic rings. The van der Waals surface area contributed by atoms with Gasteiger partial charge < -0.3 is 5.32 Å². The number of carbonyl (C=O) groups is 1. The zero-order chi connectivity index (χ0) is 16.1. The Morgan fingerprint density at radius 1 is 1.32 bits per heavy atom. The third-order valence-corrected chi connectivity index (χ3v) is 4.08. The molecule has 0 aliphatic carbocycles. The summed E-state index contributed by atoms with van der Waals surface area (Å²) in [4.78, 5) is 13.9. The maximum absolute atomic E-state index is 13.1. The van der Waals surface area contributed by atoms with E-state index in [0.717, 1.165) is 5.56 Å². The van der Waals surface area contributed by atoms with Gasteiger partial charge in [-0.05, 0) is 36.9 Å². The highest BCUT2D eigenvalue weighted by Gasteiger charge is 2.11. The van der Waals surface area contributed by atoms with Crippen molar-refractivity contribution in [2.45, 2.75) is 6.54 Å². The molecule has 0 aliphatic heterocycles. The number of anilines is 1. The second-order valence-corrected chi connectivity index (χ2v) is 6.20. The van der Waals surface area contributed by atoms with Gasteiger partial charge in [0.1, 0.15) is 5.82 Å². The number of nitrogens with one attached hydrogen (secondary N) is 1. The van der Waals surface area contributed by atoms with E-state index in [4.69, 9.17) is 11.6 Å². The van der Waals surface area contributed by atoms with E-state index in [1.807, 2.05) is 11.9 Å². The van der Waals surface area contributed by atoms with Crippen LogP contribution in [0.25, 0.3) is 0 Å². The molecule has 0 aromatic heterocycles. The van der Waals surface area contributed by atoms with Crippen molar-refractivity contribution in [2.75, 3.05) is 18.9 Å². The van der Waals surface area contributed by atoms with Crippen LogP contribution in [0.2, 0.25) is 5.02 Å². The lowest BCUT2D eigenvalue weighted by molar-refractivity contribution is -0.117. The number of hydrogen-bond acceptors (Lipinski definition) is 2. The number of benzene rings is 2. The molecular formula is C16H15BrClFN2O. The monoisotopic (exact) mass is 384 g/mol. The summed E-state index contributed by atoms with van der Waals surface area (Å²) >= 11 is 9.32. The van der Waals surface area contributed by atoms with Gasteiger partial charge in [0.05, 0.1) is 17.3 Å². The van der Waals surface area contributed by atoms with Crippen LogP contribution in [0.1, 0.15) is 5.56 Å². The fourth-order valence-electron chi connectivity index (χ4n) is 1.99. The normalized spacial score (nSPS) is 10.8. The highest BCUT2D eigenvalue weighted by molar-refractivity contribution is 9.10. The summed E-state index contributed by atoms with van der Waals surface area (Å²) in [6, 6.07) is 11.6. The molecule has 116 valence electrons. The number of nitrogens with zero attached hydrogens (tertiary/aromatic N) is 1. The lowest BCUT2D eigenvalue weighted by Crippen LogP contribution is -2.30. The van der Waals surface area contributed by atoms with E-state index >= 15 is 0 Å². The molecule has 0 fully saturated rings. The minimum atomic E-state index is -0.297. The Morgan fingerprint density at radius 3 is 2.73 bits per heavy atom. The van der Waals surface area contributed by atoms with Crippen LogP contribution in [0.5, 0.6) is 0 Å². The summed E-state index contributed by atoms with van der Waals surface area (Å²) < 4.78 is 13.7. The molecule has 22 heavy (non-hydrogen) atoms. The molecule has 0 atom stereocenters. The van der Waals surface area contributed by atoms with E-state index in [9.17, 15) is 9.18 Å². The molecule has 0 heterocycles. The molecule has 2 rings (SSSR count). The van der Waals surface area contributed by atoms with Gasteiger partial charge in [0, 0.05) is 11.0 Å². The second-order valence-electron chi connectivity index (χ2n) is 4.94. The van der Waals surface area contributed by atoms with Gasteiger partial charge in [-0.25, -0.2) is 4.39 Å². The minimum Gasteiger partial charge on any atom is -0.324 e. The van der Waals surface area contributed by atoms with E-state index in [0.29, 0.717) is 21.7 Å². The molecule has 3 nitrogen and oxygen atoms in total. The van der Waals surface area contributed by atoms with Crippen LogP contribution in [0, 0.1) is 5.82 Å². The number of rotatable bonds is 5. The van der Waals surface area contributed by atoms with Crippen molar-refractivity contribution in [2.24, 2.45) is 0 Å². The largest absolute Gasteiger partial charge is 0.324 e. The number of para-hydroxylation sites is 1. The molecule has 1 amide bonds. The first-order valence-electron chi connectivity index (χ1n) is 6.62. The fraction of sp³-hybridized carbons (Fsp3) is 0.188. The molecule has 0 spiro atoms. The average Bonchev–Trinajstić information content (AvgIpc) is 2.44. The third kappa shape index (κ3) is 4.80. The van der Waals surface area contributed by atoms with Crippen molar-refractivity contribution in [1.29, 1.82) is 0 Å². The first kappa shape index (κ1) is 16.9. The predicted molar refractivity (Wildman–Crippen MR) is 90.5 cm³/mol. The van der Waals surface area contributed by atoms with Gasteiger partial charge in [-0.2, -0.15) is 0 Å². The van der Waals surface area contributed by atoms with Crippen LogP contribution in [-0.2, 0) is 11.3 Å². The van der Waals surface area contributed by atoms with Gasteiger partial charge in [-0.3, -0.25) is 9.69 Å². The molecule has 0 radical (unpaired) electrons. The number of amides is 1. The fourth-order valence-corrected chi connectivity index (χ4v) is 2.65. The van der Waals surface area contributed by atoms with Crippen LogP contribution in [0.3, 0.4) is 0 Å². The molecule has 0 unspecified atom stereocenters. The van der Waals surface area contributed by atoms with Gasteiger partial charge in [0.2, 0.25) is 5.91 Å². The summed E-state index contributed by atoms with van der Waals surface area (Å²) in [5.74, 6) is -0.455. The summed E-state index contributed by atoms with van der Waals surface area (Å²) in [6.45, 7) is 0.728. The van der Waals surface area contributed by atoms with Gasteiger partial charge in [0.15, 0.2) is 0 Å². The van der Waals surface area contributed by atoms with Gasteiger partial charge in [0.25, 0.3) is 0 Å². The van der Waals surface area contributed by atoms with Crippen LogP contribution in [0.15, 0.2) is 46.9 Å². The van der Waals surface area contributed by atoms with Gasteiger partial charge in [-0.15, -0.1) is 0 Å². The van der Waals surface area contributed by atoms with Crippen molar-refractivity contribution in [3.05, 3.63) is 63.3 Å². The lowest BCUT2D eigenvalue weighted by Gasteiger charge is -2.17. The van der Waals surface area contributed by atoms with E-state index in [1.54, 1.807) is 30.3 Å². The van der Waals surface area contributed by atoms with Crippen molar-refractivity contribution in [3.8, 4) is 0 Å². The van der Waals surface area contributed by atoms with Crippen molar-refractivity contribution in [3.63, 3.8) is 0 Å². The number of hydrogen-bond donors (Lipinski definition) is 1. The lowest BCUT2D eigenvalue weighted by atomic mass is 10.2. The zero-order valence-corrected chi connectivity index (χ0v) is 14.3. The Hall–Kier alpha value is -1.43. The van der Waals surface area contributed by atoms with E-state index in [1.165, 1.54) is 12.1 Å². The zero-order valence-electron chi connectivity index (χ0n) is 11.9. The van der Waals surface area contributed by atoms with E-state index in [-0.39, 0.29) is 18.3 Å². The number of halogens is 3. The molecular weight excluding hydrogens is 371 g/mol. The topological polar surface area (TPSA) is 32.3 Å². The van der Waals surface area contributed by atoms with Crippen LogP contribution in [0.4, 0.5) is 10.1 Å². The quantitative estimate of drug-likeness (QED) is 0.832.